The number of aryl methyl sites for hydroxylation is 1. The molecule has 2 amide bonds. The fraction of sp³-hybridized carbons (Fsp3) is 0.120. The molecule has 172 valence electrons. The van der Waals surface area contributed by atoms with Gasteiger partial charge in [0.25, 0.3) is 0 Å². The summed E-state index contributed by atoms with van der Waals surface area (Å²) in [6.45, 7) is 2.04. The number of aromatic amines is 1. The first-order chi connectivity index (χ1) is 16.6. The molecule has 1 aromatic heterocycles. The average molecular weight is 457 g/mol. The lowest BCUT2D eigenvalue weighted by atomic mass is 10.2. The van der Waals surface area contributed by atoms with Gasteiger partial charge in [0.2, 0.25) is 11.9 Å². The third-order valence-electron chi connectivity index (χ3n) is 4.79. The van der Waals surface area contributed by atoms with Gasteiger partial charge in [0, 0.05) is 0 Å². The number of alkyl carbamates (subject to hydrolysis) is 2. The van der Waals surface area contributed by atoms with Crippen LogP contribution in [0.5, 0.6) is 0 Å². The van der Waals surface area contributed by atoms with Gasteiger partial charge in [0.1, 0.15) is 13.2 Å². The lowest BCUT2D eigenvalue weighted by Gasteiger charge is -2.11. The summed E-state index contributed by atoms with van der Waals surface area (Å²) in [5.74, 6) is 0.0128. The van der Waals surface area contributed by atoms with Gasteiger partial charge in [-0.15, -0.1) is 0 Å². The van der Waals surface area contributed by atoms with Crippen molar-refractivity contribution >= 4 is 35.1 Å². The summed E-state index contributed by atoms with van der Waals surface area (Å²) >= 11 is 0. The average Bonchev–Trinajstić information content (AvgIpc) is 3.26. The fourth-order valence-corrected chi connectivity index (χ4v) is 3.12. The minimum atomic E-state index is -0.793. The van der Waals surface area contributed by atoms with E-state index in [4.69, 9.17) is 9.47 Å². The van der Waals surface area contributed by atoms with Gasteiger partial charge in [-0.1, -0.05) is 72.8 Å². The molecule has 0 aliphatic rings. The monoisotopic (exact) mass is 457 g/mol. The summed E-state index contributed by atoms with van der Waals surface area (Å²) in [4.78, 5) is 36.5. The van der Waals surface area contributed by atoms with Crippen LogP contribution in [-0.4, -0.2) is 28.1 Å². The van der Waals surface area contributed by atoms with E-state index in [1.54, 1.807) is 0 Å². The van der Waals surface area contributed by atoms with Crippen molar-refractivity contribution in [3.8, 4) is 0 Å². The van der Waals surface area contributed by atoms with Gasteiger partial charge in [-0.25, -0.2) is 14.6 Å². The van der Waals surface area contributed by atoms with Crippen LogP contribution in [-0.2, 0) is 22.7 Å². The Morgan fingerprint density at radius 3 is 1.91 bits per heavy atom. The largest absolute Gasteiger partial charge is 0.444 e. The molecular weight excluding hydrogens is 434 g/mol. The van der Waals surface area contributed by atoms with E-state index < -0.39 is 12.2 Å². The summed E-state index contributed by atoms with van der Waals surface area (Å²) in [7, 11) is 0. The predicted molar refractivity (Wildman–Crippen MR) is 127 cm³/mol. The van der Waals surface area contributed by atoms with Crippen LogP contribution in [0, 0.1) is 6.92 Å². The van der Waals surface area contributed by atoms with Crippen molar-refractivity contribution in [1.29, 1.82) is 0 Å². The summed E-state index contributed by atoms with van der Waals surface area (Å²) in [6, 6.07) is 24.1. The minimum absolute atomic E-state index is 0.0578. The highest BCUT2D eigenvalue weighted by Crippen LogP contribution is 2.19. The molecule has 0 bridgehead atoms. The second-order valence-electron chi connectivity index (χ2n) is 7.37. The second kappa shape index (κ2) is 10.8. The number of rotatable bonds is 5. The van der Waals surface area contributed by atoms with Crippen LogP contribution in [0.2, 0.25) is 0 Å². The number of fused-ring (bicyclic) bond motifs is 1. The van der Waals surface area contributed by atoms with Crippen molar-refractivity contribution in [2.24, 2.45) is 4.99 Å². The first kappa shape index (κ1) is 22.5. The first-order valence-electron chi connectivity index (χ1n) is 10.6. The minimum Gasteiger partial charge on any atom is -0.444 e. The number of nitrogens with one attached hydrogen (secondary N) is 3. The van der Waals surface area contributed by atoms with Crippen LogP contribution in [0.15, 0.2) is 83.9 Å². The normalized spacial score (nSPS) is 10.4. The quantitative estimate of drug-likeness (QED) is 0.296. The zero-order valence-corrected chi connectivity index (χ0v) is 18.4. The molecule has 0 atom stereocenters. The van der Waals surface area contributed by atoms with E-state index in [2.05, 4.69) is 25.6 Å². The van der Waals surface area contributed by atoms with E-state index in [1.807, 2.05) is 85.8 Å². The highest BCUT2D eigenvalue weighted by molar-refractivity contribution is 6.02. The number of para-hydroxylation sites is 1. The second-order valence-corrected chi connectivity index (χ2v) is 7.37. The zero-order chi connectivity index (χ0) is 23.8. The molecule has 1 heterocycles. The number of ether oxygens (including phenoxy) is 2. The van der Waals surface area contributed by atoms with Crippen LogP contribution < -0.4 is 10.6 Å². The highest BCUT2D eigenvalue weighted by Gasteiger charge is 2.14. The Morgan fingerprint density at radius 2 is 1.38 bits per heavy atom. The molecule has 0 fully saturated rings. The number of carbonyl (C=O) groups is 2. The molecule has 9 nitrogen and oxygen atoms in total. The van der Waals surface area contributed by atoms with Crippen molar-refractivity contribution < 1.29 is 19.1 Å². The van der Waals surface area contributed by atoms with E-state index in [1.165, 1.54) is 0 Å². The highest BCUT2D eigenvalue weighted by atomic mass is 16.6. The Bertz CT molecular complexity index is 1240. The van der Waals surface area contributed by atoms with Crippen molar-refractivity contribution in [3.63, 3.8) is 0 Å². The number of carbonyl (C=O) groups excluding carboxylic acids is 2. The Kier molecular flexibility index (Phi) is 7.14. The number of guanidine groups is 1. The predicted octanol–water partition coefficient (Wildman–Crippen LogP) is 4.71. The summed E-state index contributed by atoms with van der Waals surface area (Å²) in [6.07, 6.45) is -1.59. The maximum atomic E-state index is 12.4. The first-order valence-corrected chi connectivity index (χ1v) is 10.6. The molecular formula is C25H23N5O4. The molecule has 0 saturated carbocycles. The fourth-order valence-electron chi connectivity index (χ4n) is 3.12. The Balaban J connectivity index is 1.47. The van der Waals surface area contributed by atoms with Gasteiger partial charge in [0.15, 0.2) is 0 Å². The van der Waals surface area contributed by atoms with E-state index in [9.17, 15) is 9.59 Å². The van der Waals surface area contributed by atoms with E-state index in [0.29, 0.717) is 0 Å². The van der Waals surface area contributed by atoms with Crippen LogP contribution in [0.3, 0.4) is 0 Å². The number of hydrogen-bond acceptors (Lipinski definition) is 6. The molecule has 0 aliphatic heterocycles. The molecule has 0 unspecified atom stereocenters. The van der Waals surface area contributed by atoms with Crippen molar-refractivity contribution in [2.75, 3.05) is 0 Å². The molecule has 34 heavy (non-hydrogen) atoms. The van der Waals surface area contributed by atoms with Crippen molar-refractivity contribution in [2.45, 2.75) is 20.1 Å². The third kappa shape index (κ3) is 6.19. The van der Waals surface area contributed by atoms with Gasteiger partial charge in [-0.3, -0.25) is 10.6 Å². The lowest BCUT2D eigenvalue weighted by molar-refractivity contribution is 0.141. The van der Waals surface area contributed by atoms with Gasteiger partial charge >= 0.3 is 12.2 Å². The number of aliphatic imine (C=N–C) groups is 1. The molecule has 4 aromatic rings. The van der Waals surface area contributed by atoms with Gasteiger partial charge in [-0.05, 0) is 29.7 Å². The van der Waals surface area contributed by atoms with Crippen molar-refractivity contribution in [1.82, 2.24) is 20.6 Å². The van der Waals surface area contributed by atoms with Crippen LogP contribution in [0.4, 0.5) is 15.5 Å². The summed E-state index contributed by atoms with van der Waals surface area (Å²) < 4.78 is 10.5. The van der Waals surface area contributed by atoms with Crippen LogP contribution in [0.1, 0.15) is 16.7 Å². The molecule has 3 aromatic carbocycles. The maximum Gasteiger partial charge on any atom is 0.414 e. The van der Waals surface area contributed by atoms with Crippen LogP contribution in [0.25, 0.3) is 11.0 Å². The van der Waals surface area contributed by atoms with Crippen LogP contribution >= 0.6 is 0 Å². The van der Waals surface area contributed by atoms with Gasteiger partial charge < -0.3 is 14.5 Å². The summed E-state index contributed by atoms with van der Waals surface area (Å²) in [5, 5.41) is 4.88. The molecule has 4 rings (SSSR count). The number of nitrogens with zero attached hydrogens (tertiary/aromatic N) is 2. The molecule has 0 radical (unpaired) electrons. The smallest absolute Gasteiger partial charge is 0.414 e. The molecule has 0 saturated heterocycles. The number of hydrogen-bond donors (Lipinski definition) is 3. The number of H-pyrrole nitrogens is 1. The Morgan fingerprint density at radius 1 is 0.824 bits per heavy atom. The molecule has 0 aliphatic carbocycles. The maximum absolute atomic E-state index is 12.4. The number of imidazole rings is 1. The zero-order valence-electron chi connectivity index (χ0n) is 18.4. The standard InChI is InChI=1S/C25H23N5O4/c1-17-9-8-14-20-21(17)27-22(26-20)28-23(29-24(31)33-15-18-10-4-2-5-11-18)30-25(32)34-16-19-12-6-3-7-13-19/h2-14H,15-16H2,1H3,(H3,26,27,28,29,30,31,32). The molecule has 9 heteroatoms. The summed E-state index contributed by atoms with van der Waals surface area (Å²) in [5.41, 5.74) is 4.11. The Labute approximate surface area is 195 Å². The SMILES string of the molecule is Cc1cccc2[nH]c(N=C(NC(=O)OCc3ccccc3)NC(=O)OCc3ccccc3)nc12. The Hall–Kier alpha value is -4.66. The number of benzene rings is 3. The lowest BCUT2D eigenvalue weighted by Crippen LogP contribution is -2.44. The van der Waals surface area contributed by atoms with E-state index in [-0.39, 0.29) is 25.1 Å². The van der Waals surface area contributed by atoms with Crippen molar-refractivity contribution in [3.05, 3.63) is 95.6 Å². The molecule has 3 N–H and O–H groups in total. The topological polar surface area (TPSA) is 118 Å². The van der Waals surface area contributed by atoms with Gasteiger partial charge in [-0.2, -0.15) is 4.99 Å². The van der Waals surface area contributed by atoms with E-state index in [0.717, 1.165) is 27.7 Å². The van der Waals surface area contributed by atoms with Gasteiger partial charge in [0.05, 0.1) is 11.0 Å². The molecule has 0 spiro atoms. The van der Waals surface area contributed by atoms with E-state index >= 15 is 0 Å². The number of amides is 2. The third-order valence-corrected chi connectivity index (χ3v) is 4.79. The number of aromatic nitrogens is 2.